The molecule has 0 radical (unpaired) electrons. The molecule has 0 fully saturated rings. The van der Waals surface area contributed by atoms with Gasteiger partial charge in [-0.25, -0.2) is 0 Å². The van der Waals surface area contributed by atoms with E-state index in [1.807, 2.05) is 0 Å². The summed E-state index contributed by atoms with van der Waals surface area (Å²) in [6, 6.07) is 1.31. The molecule has 0 saturated heterocycles. The Bertz CT molecular complexity index is 301. The van der Waals surface area contributed by atoms with Crippen LogP contribution in [0.1, 0.15) is 73.1 Å². The van der Waals surface area contributed by atoms with Crippen molar-refractivity contribution in [3.05, 3.63) is 0 Å². The van der Waals surface area contributed by atoms with Gasteiger partial charge in [-0.2, -0.15) is 0 Å². The van der Waals surface area contributed by atoms with Gasteiger partial charge in [0.1, 0.15) is 0 Å². The Morgan fingerprint density at radius 1 is 0.885 bits per heavy atom. The van der Waals surface area contributed by atoms with Crippen molar-refractivity contribution in [3.63, 3.8) is 0 Å². The Labute approximate surface area is 167 Å². The molecule has 1 N–H and O–H groups in total. The van der Waals surface area contributed by atoms with Crippen LogP contribution in [-0.4, -0.2) is 78.0 Å². The van der Waals surface area contributed by atoms with Gasteiger partial charge in [-0.05, 0) is 104 Å². The third-order valence-electron chi connectivity index (χ3n) is 5.62. The van der Waals surface area contributed by atoms with Crippen LogP contribution in [0.25, 0.3) is 0 Å². The average Bonchev–Trinajstić information content (AvgIpc) is 2.66. The molecule has 0 rings (SSSR count). The van der Waals surface area contributed by atoms with Crippen molar-refractivity contribution >= 4 is 9.76 Å². The fraction of sp³-hybridized carbons (Fsp3) is 1.00. The molecule has 0 unspecified atom stereocenters. The summed E-state index contributed by atoms with van der Waals surface area (Å²) in [6.45, 7) is 19.6. The molecule has 0 aliphatic carbocycles. The number of nitrogens with one attached hydrogen (secondary N) is 1. The molecule has 0 bridgehead atoms. The largest absolute Gasteiger partial charge is 0.419 e. The van der Waals surface area contributed by atoms with E-state index in [1.54, 1.807) is 0 Å². The van der Waals surface area contributed by atoms with Gasteiger partial charge in [-0.15, -0.1) is 0 Å². The van der Waals surface area contributed by atoms with Crippen LogP contribution in [0.15, 0.2) is 0 Å². The highest BCUT2D eigenvalue weighted by atomic mass is 28.2. The van der Waals surface area contributed by atoms with Gasteiger partial charge in [-0.1, -0.05) is 27.7 Å². The second-order valence-corrected chi connectivity index (χ2v) is 9.31. The predicted molar refractivity (Wildman–Crippen MR) is 120 cm³/mol. The molecule has 0 aliphatic heterocycles. The van der Waals surface area contributed by atoms with Crippen LogP contribution in [0.5, 0.6) is 0 Å². The maximum atomic E-state index is 6.27. The van der Waals surface area contributed by atoms with E-state index >= 15 is 0 Å². The lowest BCUT2D eigenvalue weighted by Gasteiger charge is -2.28. The van der Waals surface area contributed by atoms with Crippen LogP contribution < -0.4 is 5.32 Å². The maximum absolute atomic E-state index is 6.27. The van der Waals surface area contributed by atoms with Crippen molar-refractivity contribution in [1.29, 1.82) is 0 Å². The van der Waals surface area contributed by atoms with Gasteiger partial charge >= 0.3 is 0 Å². The monoisotopic (exact) mass is 387 g/mol. The third-order valence-corrected chi connectivity index (χ3v) is 7.31. The lowest BCUT2D eigenvalue weighted by Crippen LogP contribution is -2.32. The van der Waals surface area contributed by atoms with Crippen LogP contribution in [-0.2, 0) is 4.43 Å². The molecule has 26 heavy (non-hydrogen) atoms. The maximum Gasteiger partial charge on any atom is 0.162 e. The fourth-order valence-electron chi connectivity index (χ4n) is 3.00. The van der Waals surface area contributed by atoms with Crippen molar-refractivity contribution in [2.24, 2.45) is 0 Å². The highest BCUT2D eigenvalue weighted by molar-refractivity contribution is 6.27. The quantitative estimate of drug-likeness (QED) is 0.271. The van der Waals surface area contributed by atoms with Gasteiger partial charge in [0.05, 0.1) is 5.60 Å². The molecule has 0 amide bonds. The minimum Gasteiger partial charge on any atom is -0.419 e. The van der Waals surface area contributed by atoms with E-state index < -0.39 is 0 Å². The summed E-state index contributed by atoms with van der Waals surface area (Å²) in [6.07, 6.45) is 7.36. The highest BCUT2D eigenvalue weighted by Crippen LogP contribution is 2.19. The summed E-state index contributed by atoms with van der Waals surface area (Å²) in [5.74, 6) is 0. The molecule has 0 spiro atoms. The standard InChI is InChI=1S/C21H49N3OSi/c1-7-14-22-15-11-17-24(18-12-16-23(6)10-4)19-13-20-26-25-21(5,8-2)9-3/h22H,7-20,26H2,1-6H3. The van der Waals surface area contributed by atoms with Crippen molar-refractivity contribution in [2.45, 2.75) is 84.8 Å². The summed E-state index contributed by atoms with van der Waals surface area (Å²) >= 11 is 0. The number of hydrogen-bond donors (Lipinski definition) is 1. The summed E-state index contributed by atoms with van der Waals surface area (Å²) in [7, 11) is 1.85. The lowest BCUT2D eigenvalue weighted by atomic mass is 10.0. The predicted octanol–water partition coefficient (Wildman–Crippen LogP) is 3.51. The molecule has 0 saturated carbocycles. The number of nitrogens with zero attached hydrogens (tertiary/aromatic N) is 2. The Morgan fingerprint density at radius 3 is 2.15 bits per heavy atom. The van der Waals surface area contributed by atoms with E-state index in [2.05, 4.69) is 56.8 Å². The fourth-order valence-corrected chi connectivity index (χ4v) is 4.47. The van der Waals surface area contributed by atoms with Crippen molar-refractivity contribution < 1.29 is 4.43 Å². The first-order chi connectivity index (χ1) is 12.5. The van der Waals surface area contributed by atoms with Gasteiger partial charge in [0.15, 0.2) is 9.76 Å². The second kappa shape index (κ2) is 17.2. The summed E-state index contributed by atoms with van der Waals surface area (Å²) < 4.78 is 6.27. The molecular formula is C21H49N3OSi. The Morgan fingerprint density at radius 2 is 1.54 bits per heavy atom. The third kappa shape index (κ3) is 14.2. The molecule has 0 aliphatic rings. The van der Waals surface area contributed by atoms with Crippen molar-refractivity contribution in [2.75, 3.05) is 52.9 Å². The van der Waals surface area contributed by atoms with E-state index in [4.69, 9.17) is 4.43 Å². The smallest absolute Gasteiger partial charge is 0.162 e. The molecule has 5 heteroatoms. The van der Waals surface area contributed by atoms with Gasteiger partial charge in [0, 0.05) is 0 Å². The zero-order chi connectivity index (χ0) is 19.7. The molecule has 0 aromatic heterocycles. The van der Waals surface area contributed by atoms with E-state index in [-0.39, 0.29) is 15.4 Å². The van der Waals surface area contributed by atoms with E-state index in [0.717, 1.165) is 32.5 Å². The van der Waals surface area contributed by atoms with Crippen LogP contribution in [0, 0.1) is 0 Å². The van der Waals surface area contributed by atoms with Gasteiger partial charge in [-0.3, -0.25) is 0 Å². The summed E-state index contributed by atoms with van der Waals surface area (Å²) in [5.41, 5.74) is 0.140. The first-order valence-electron chi connectivity index (χ1n) is 11.3. The minimum atomic E-state index is -0.371. The minimum absolute atomic E-state index is 0.140. The summed E-state index contributed by atoms with van der Waals surface area (Å²) in [5, 5.41) is 3.53. The molecule has 0 aromatic carbocycles. The Kier molecular flexibility index (Phi) is 17.2. The van der Waals surface area contributed by atoms with Crippen molar-refractivity contribution in [3.8, 4) is 0 Å². The van der Waals surface area contributed by atoms with Crippen LogP contribution in [0.3, 0.4) is 0 Å². The molecule has 158 valence electrons. The first kappa shape index (κ1) is 26.1. The van der Waals surface area contributed by atoms with Crippen LogP contribution >= 0.6 is 0 Å². The number of hydrogen-bond acceptors (Lipinski definition) is 4. The second-order valence-electron chi connectivity index (χ2n) is 7.91. The first-order valence-corrected chi connectivity index (χ1v) is 12.8. The lowest BCUT2D eigenvalue weighted by molar-refractivity contribution is 0.0848. The summed E-state index contributed by atoms with van der Waals surface area (Å²) in [4.78, 5) is 5.10. The molecule has 0 aromatic rings. The van der Waals surface area contributed by atoms with Crippen LogP contribution in [0.4, 0.5) is 0 Å². The van der Waals surface area contributed by atoms with E-state index in [9.17, 15) is 0 Å². The van der Waals surface area contributed by atoms with Gasteiger partial charge in [0.25, 0.3) is 0 Å². The van der Waals surface area contributed by atoms with Crippen LogP contribution in [0.2, 0.25) is 6.04 Å². The SMILES string of the molecule is CCCNCCCN(CCC[SiH2]OC(C)(CC)CC)CCCN(C)CC. The average molecular weight is 388 g/mol. The van der Waals surface area contributed by atoms with Gasteiger partial charge in [0.2, 0.25) is 0 Å². The molecule has 0 atom stereocenters. The van der Waals surface area contributed by atoms with Gasteiger partial charge < -0.3 is 19.5 Å². The molecule has 0 heterocycles. The number of rotatable bonds is 19. The zero-order valence-electron chi connectivity index (χ0n) is 18.9. The Hall–Kier alpha value is 0.0569. The van der Waals surface area contributed by atoms with E-state index in [1.165, 1.54) is 57.9 Å². The van der Waals surface area contributed by atoms with Crippen molar-refractivity contribution in [1.82, 2.24) is 15.1 Å². The Balaban J connectivity index is 4.04. The molecule has 4 nitrogen and oxygen atoms in total. The normalized spacial score (nSPS) is 12.9. The molecular weight excluding hydrogens is 338 g/mol. The zero-order valence-corrected chi connectivity index (χ0v) is 20.3. The highest BCUT2D eigenvalue weighted by Gasteiger charge is 2.18. The van der Waals surface area contributed by atoms with E-state index in [0.29, 0.717) is 0 Å². The topological polar surface area (TPSA) is 27.7 Å².